The van der Waals surface area contributed by atoms with E-state index in [0.717, 1.165) is 18.5 Å². The first-order valence-corrected chi connectivity index (χ1v) is 7.15. The Morgan fingerprint density at radius 3 is 2.55 bits per heavy atom. The number of hydrogen-bond donors (Lipinski definition) is 1. The molecule has 1 heterocycles. The van der Waals surface area contributed by atoms with Gasteiger partial charge in [0.1, 0.15) is 0 Å². The van der Waals surface area contributed by atoms with E-state index < -0.39 is 0 Å². The quantitative estimate of drug-likeness (QED) is 0.921. The van der Waals surface area contributed by atoms with Crippen molar-refractivity contribution < 1.29 is 14.3 Å². The second-order valence-electron chi connectivity index (χ2n) is 5.29. The number of rotatable bonds is 5. The fraction of sp³-hybridized carbons (Fsp3) is 0.294. The standard InChI is InChI=1S/C17H18N2O3/c1-21-13-7-5-6-12(15(13)22-2)16(20)19-17(9-10-17)14-8-3-4-11-18-14/h3-8,11H,9-10H2,1-2H3,(H,19,20). The molecule has 0 bridgehead atoms. The number of pyridine rings is 1. The van der Waals surface area contributed by atoms with Gasteiger partial charge in [0, 0.05) is 6.20 Å². The van der Waals surface area contributed by atoms with Crippen LogP contribution < -0.4 is 14.8 Å². The van der Waals surface area contributed by atoms with E-state index in [0.29, 0.717) is 17.1 Å². The maximum Gasteiger partial charge on any atom is 0.255 e. The average molecular weight is 298 g/mol. The van der Waals surface area contributed by atoms with E-state index >= 15 is 0 Å². The van der Waals surface area contributed by atoms with Gasteiger partial charge in [-0.1, -0.05) is 12.1 Å². The molecule has 22 heavy (non-hydrogen) atoms. The lowest BCUT2D eigenvalue weighted by Gasteiger charge is -2.18. The van der Waals surface area contributed by atoms with Crippen LogP contribution in [-0.2, 0) is 5.54 Å². The van der Waals surface area contributed by atoms with Crippen LogP contribution >= 0.6 is 0 Å². The van der Waals surface area contributed by atoms with Crippen molar-refractivity contribution in [3.8, 4) is 11.5 Å². The predicted molar refractivity (Wildman–Crippen MR) is 82.2 cm³/mol. The monoisotopic (exact) mass is 298 g/mol. The number of aromatic nitrogens is 1. The third-order valence-electron chi connectivity index (χ3n) is 3.91. The minimum absolute atomic E-state index is 0.182. The van der Waals surface area contributed by atoms with Crippen molar-refractivity contribution in [2.75, 3.05) is 14.2 Å². The van der Waals surface area contributed by atoms with Gasteiger partial charge in [-0.25, -0.2) is 0 Å². The Labute approximate surface area is 129 Å². The molecule has 3 rings (SSSR count). The van der Waals surface area contributed by atoms with E-state index in [-0.39, 0.29) is 11.4 Å². The van der Waals surface area contributed by atoms with Crippen LogP contribution in [0.15, 0.2) is 42.6 Å². The van der Waals surface area contributed by atoms with Crippen molar-refractivity contribution in [1.82, 2.24) is 10.3 Å². The molecular weight excluding hydrogens is 280 g/mol. The lowest BCUT2D eigenvalue weighted by molar-refractivity contribution is 0.0926. The van der Waals surface area contributed by atoms with Gasteiger partial charge in [0.2, 0.25) is 0 Å². The van der Waals surface area contributed by atoms with Crippen LogP contribution in [-0.4, -0.2) is 25.1 Å². The highest BCUT2D eigenvalue weighted by Gasteiger charge is 2.47. The fourth-order valence-corrected chi connectivity index (χ4v) is 2.57. The van der Waals surface area contributed by atoms with Crippen LogP contribution in [0.4, 0.5) is 0 Å². The summed E-state index contributed by atoms with van der Waals surface area (Å²) in [5.74, 6) is 0.802. The highest BCUT2D eigenvalue weighted by atomic mass is 16.5. The van der Waals surface area contributed by atoms with Crippen LogP contribution in [0.25, 0.3) is 0 Å². The van der Waals surface area contributed by atoms with Gasteiger partial charge in [0.25, 0.3) is 5.91 Å². The summed E-state index contributed by atoms with van der Waals surface area (Å²) in [6.07, 6.45) is 3.53. The summed E-state index contributed by atoms with van der Waals surface area (Å²) in [5.41, 5.74) is 1.00. The van der Waals surface area contributed by atoms with Crippen molar-refractivity contribution in [2.45, 2.75) is 18.4 Å². The fourth-order valence-electron chi connectivity index (χ4n) is 2.57. The predicted octanol–water partition coefficient (Wildman–Crippen LogP) is 2.52. The summed E-state index contributed by atoms with van der Waals surface area (Å²) in [7, 11) is 3.08. The summed E-state index contributed by atoms with van der Waals surface area (Å²) in [6, 6.07) is 11.0. The zero-order valence-electron chi connectivity index (χ0n) is 12.6. The molecule has 1 N–H and O–H groups in total. The number of para-hydroxylation sites is 1. The Hall–Kier alpha value is -2.56. The van der Waals surface area contributed by atoms with Crippen molar-refractivity contribution in [3.63, 3.8) is 0 Å². The summed E-state index contributed by atoms with van der Waals surface area (Å²) in [6.45, 7) is 0. The van der Waals surface area contributed by atoms with E-state index in [9.17, 15) is 4.79 Å². The van der Waals surface area contributed by atoms with Crippen molar-refractivity contribution in [2.24, 2.45) is 0 Å². The molecule has 1 aromatic heterocycles. The van der Waals surface area contributed by atoms with Gasteiger partial charge in [-0.05, 0) is 37.1 Å². The van der Waals surface area contributed by atoms with Crippen LogP contribution in [0.3, 0.4) is 0 Å². The molecule has 0 unspecified atom stereocenters. The lowest BCUT2D eigenvalue weighted by Crippen LogP contribution is -2.35. The maximum atomic E-state index is 12.6. The summed E-state index contributed by atoms with van der Waals surface area (Å²) >= 11 is 0. The highest BCUT2D eigenvalue weighted by Crippen LogP contribution is 2.45. The van der Waals surface area contributed by atoms with E-state index in [4.69, 9.17) is 9.47 Å². The molecule has 0 aliphatic heterocycles. The number of nitrogens with zero attached hydrogens (tertiary/aromatic N) is 1. The number of carbonyl (C=O) groups is 1. The number of amides is 1. The zero-order chi connectivity index (χ0) is 15.6. The Balaban J connectivity index is 1.87. The van der Waals surface area contributed by atoms with E-state index in [1.807, 2.05) is 18.2 Å². The molecule has 1 amide bonds. The second kappa shape index (κ2) is 5.67. The summed E-state index contributed by atoms with van der Waals surface area (Å²) in [5, 5.41) is 3.09. The Bertz CT molecular complexity index is 682. The van der Waals surface area contributed by atoms with E-state index in [1.54, 1.807) is 31.5 Å². The van der Waals surface area contributed by atoms with Gasteiger partial charge in [-0.2, -0.15) is 0 Å². The summed E-state index contributed by atoms with van der Waals surface area (Å²) in [4.78, 5) is 17.0. The van der Waals surface area contributed by atoms with E-state index in [1.165, 1.54) is 7.11 Å². The molecule has 1 aliphatic rings. The smallest absolute Gasteiger partial charge is 0.255 e. The molecule has 5 nitrogen and oxygen atoms in total. The zero-order valence-corrected chi connectivity index (χ0v) is 12.6. The first kappa shape index (κ1) is 14.4. The molecular formula is C17H18N2O3. The molecule has 0 saturated heterocycles. The van der Waals surface area contributed by atoms with Gasteiger partial charge < -0.3 is 14.8 Å². The van der Waals surface area contributed by atoms with Gasteiger partial charge in [0.15, 0.2) is 11.5 Å². The third-order valence-corrected chi connectivity index (χ3v) is 3.91. The number of carbonyl (C=O) groups excluding carboxylic acids is 1. The van der Waals surface area contributed by atoms with Gasteiger partial charge in [-0.15, -0.1) is 0 Å². The first-order chi connectivity index (χ1) is 10.7. The third kappa shape index (κ3) is 2.50. The molecule has 1 saturated carbocycles. The van der Waals surface area contributed by atoms with Crippen molar-refractivity contribution in [3.05, 3.63) is 53.9 Å². The van der Waals surface area contributed by atoms with Crippen LogP contribution in [0.1, 0.15) is 28.9 Å². The minimum atomic E-state index is -0.355. The number of hydrogen-bond acceptors (Lipinski definition) is 4. The highest BCUT2D eigenvalue weighted by molar-refractivity contribution is 5.98. The van der Waals surface area contributed by atoms with Crippen LogP contribution in [0.5, 0.6) is 11.5 Å². The molecule has 0 radical (unpaired) electrons. The number of nitrogens with one attached hydrogen (secondary N) is 1. The number of methoxy groups -OCH3 is 2. The normalized spacial score (nSPS) is 15.0. The van der Waals surface area contributed by atoms with Crippen LogP contribution in [0.2, 0.25) is 0 Å². The van der Waals surface area contributed by atoms with E-state index in [2.05, 4.69) is 10.3 Å². The van der Waals surface area contributed by atoms with Gasteiger partial charge >= 0.3 is 0 Å². The molecule has 1 fully saturated rings. The SMILES string of the molecule is COc1cccc(C(=O)NC2(c3ccccn3)CC2)c1OC. The minimum Gasteiger partial charge on any atom is -0.493 e. The Kier molecular flexibility index (Phi) is 3.71. The molecule has 2 aromatic rings. The first-order valence-electron chi connectivity index (χ1n) is 7.15. The molecule has 0 atom stereocenters. The Morgan fingerprint density at radius 2 is 1.95 bits per heavy atom. The molecule has 5 heteroatoms. The molecule has 0 spiro atoms. The van der Waals surface area contributed by atoms with Gasteiger partial charge in [-0.3, -0.25) is 9.78 Å². The topological polar surface area (TPSA) is 60.5 Å². The van der Waals surface area contributed by atoms with Crippen molar-refractivity contribution >= 4 is 5.91 Å². The number of ether oxygens (including phenoxy) is 2. The number of benzene rings is 1. The average Bonchev–Trinajstić information content (AvgIpc) is 3.35. The molecule has 1 aliphatic carbocycles. The van der Waals surface area contributed by atoms with Gasteiger partial charge in [0.05, 0.1) is 31.0 Å². The maximum absolute atomic E-state index is 12.6. The summed E-state index contributed by atoms with van der Waals surface area (Å²) < 4.78 is 10.6. The van der Waals surface area contributed by atoms with Crippen LogP contribution in [0, 0.1) is 0 Å². The van der Waals surface area contributed by atoms with Crippen molar-refractivity contribution in [1.29, 1.82) is 0 Å². The second-order valence-corrected chi connectivity index (χ2v) is 5.29. The molecule has 1 aromatic carbocycles. The Morgan fingerprint density at radius 1 is 1.14 bits per heavy atom. The largest absolute Gasteiger partial charge is 0.493 e. The molecule has 114 valence electrons. The lowest BCUT2D eigenvalue weighted by atomic mass is 10.1.